The molecule has 114 valence electrons. The molecule has 3 aromatic rings. The Kier molecular flexibility index (Phi) is 4.08. The van der Waals surface area contributed by atoms with Crippen molar-refractivity contribution in [3.8, 4) is 5.95 Å². The molecule has 0 aliphatic carbocycles. The normalized spacial score (nSPS) is 11.2. The molecule has 0 bridgehead atoms. The van der Waals surface area contributed by atoms with Crippen LogP contribution >= 0.6 is 23.4 Å². The maximum absolute atomic E-state index is 10.9. The predicted molar refractivity (Wildman–Crippen MR) is 86.2 cm³/mol. The summed E-state index contributed by atoms with van der Waals surface area (Å²) in [5.41, 5.74) is 1.66. The number of hydrogen-bond donors (Lipinski definition) is 2. The Morgan fingerprint density at radius 3 is 3.00 bits per heavy atom. The predicted octanol–water partition coefficient (Wildman–Crippen LogP) is 3.60. The fraction of sp³-hybridized carbons (Fsp3) is 0.214. The highest BCUT2D eigenvalue weighted by atomic mass is 35.5. The maximum Gasteiger partial charge on any atom is 0.338 e. The zero-order chi connectivity index (χ0) is 15.7. The Morgan fingerprint density at radius 2 is 2.32 bits per heavy atom. The number of halogens is 1. The number of fused-ring (bicyclic) bond motifs is 1. The van der Waals surface area contributed by atoms with E-state index in [2.05, 4.69) is 22.0 Å². The van der Waals surface area contributed by atoms with Crippen molar-refractivity contribution in [1.82, 2.24) is 19.7 Å². The number of thioether (sulfide) groups is 1. The molecule has 1 aromatic carbocycles. The molecule has 2 N–H and O–H groups in total. The van der Waals surface area contributed by atoms with Gasteiger partial charge in [-0.15, -0.1) is 11.8 Å². The van der Waals surface area contributed by atoms with Crippen molar-refractivity contribution in [3.05, 3.63) is 35.1 Å². The van der Waals surface area contributed by atoms with E-state index in [1.807, 2.05) is 6.07 Å². The molecule has 0 saturated heterocycles. The molecule has 22 heavy (non-hydrogen) atoms. The molecule has 0 fully saturated rings. The van der Waals surface area contributed by atoms with E-state index in [1.165, 1.54) is 17.1 Å². The number of aromatic nitrogens is 4. The van der Waals surface area contributed by atoms with E-state index in [0.717, 1.165) is 22.6 Å². The molecule has 0 unspecified atom stereocenters. The van der Waals surface area contributed by atoms with Gasteiger partial charge in [-0.05, 0) is 24.3 Å². The molecule has 2 heterocycles. The summed E-state index contributed by atoms with van der Waals surface area (Å²) in [6.07, 6.45) is 3.76. The lowest BCUT2D eigenvalue weighted by Crippen LogP contribution is -1.97. The monoisotopic (exact) mass is 336 g/mol. The first-order chi connectivity index (χ1) is 10.6. The number of aromatic carboxylic acids is 1. The second kappa shape index (κ2) is 6.02. The van der Waals surface area contributed by atoms with Crippen LogP contribution in [0.3, 0.4) is 0 Å². The lowest BCUT2D eigenvalue weighted by molar-refractivity contribution is 0.0697. The van der Waals surface area contributed by atoms with Crippen LogP contribution in [-0.2, 0) is 0 Å². The largest absolute Gasteiger partial charge is 0.478 e. The number of nitrogens with one attached hydrogen (secondary N) is 1. The topological polar surface area (TPSA) is 83.8 Å². The van der Waals surface area contributed by atoms with E-state index in [1.54, 1.807) is 17.8 Å². The molecular formula is C14H13ClN4O2S. The third kappa shape index (κ3) is 2.82. The van der Waals surface area contributed by atoms with Gasteiger partial charge in [0.05, 0.1) is 27.8 Å². The first-order valence-corrected chi connectivity index (χ1v) is 8.05. The molecule has 0 spiro atoms. The zero-order valence-electron chi connectivity index (χ0n) is 11.7. The summed E-state index contributed by atoms with van der Waals surface area (Å²) < 4.78 is 1.40. The molecule has 6 nitrogen and oxygen atoms in total. The molecule has 0 atom stereocenters. The SMILES string of the molecule is CCCSc1cc2[nH]c(-n3cc(C(=O)O)cn3)nc2cc1Cl. The quantitative estimate of drug-likeness (QED) is 0.695. The van der Waals surface area contributed by atoms with Gasteiger partial charge in [-0.1, -0.05) is 18.5 Å². The molecule has 0 amide bonds. The van der Waals surface area contributed by atoms with Crippen LogP contribution in [0.15, 0.2) is 29.4 Å². The summed E-state index contributed by atoms with van der Waals surface area (Å²) in [5, 5.41) is 13.6. The van der Waals surface area contributed by atoms with Gasteiger partial charge in [0.1, 0.15) is 0 Å². The van der Waals surface area contributed by atoms with Gasteiger partial charge in [-0.25, -0.2) is 14.5 Å². The molecule has 0 radical (unpaired) electrons. The van der Waals surface area contributed by atoms with Crippen molar-refractivity contribution < 1.29 is 9.90 Å². The van der Waals surface area contributed by atoms with Crippen LogP contribution in [0.2, 0.25) is 5.02 Å². The number of carboxylic acids is 1. The minimum absolute atomic E-state index is 0.109. The Morgan fingerprint density at radius 1 is 1.50 bits per heavy atom. The Bertz CT molecular complexity index is 843. The van der Waals surface area contributed by atoms with Crippen LogP contribution in [-0.4, -0.2) is 36.6 Å². The number of carboxylic acid groups (broad SMARTS) is 1. The van der Waals surface area contributed by atoms with Crippen molar-refractivity contribution >= 4 is 40.4 Å². The Hall–Kier alpha value is -1.99. The minimum Gasteiger partial charge on any atom is -0.478 e. The molecule has 0 aliphatic heterocycles. The summed E-state index contributed by atoms with van der Waals surface area (Å²) in [5.74, 6) is 0.424. The maximum atomic E-state index is 10.9. The van der Waals surface area contributed by atoms with Crippen LogP contribution in [0.1, 0.15) is 23.7 Å². The first-order valence-electron chi connectivity index (χ1n) is 6.69. The van der Waals surface area contributed by atoms with Crippen LogP contribution in [0, 0.1) is 0 Å². The second-order valence-corrected chi connectivity index (χ2v) is 6.23. The summed E-state index contributed by atoms with van der Waals surface area (Å²) in [4.78, 5) is 19.4. The van der Waals surface area contributed by atoms with E-state index in [0.29, 0.717) is 16.5 Å². The van der Waals surface area contributed by atoms with Gasteiger partial charge in [0.25, 0.3) is 0 Å². The Balaban J connectivity index is 1.99. The number of benzene rings is 1. The fourth-order valence-corrected chi connectivity index (χ4v) is 3.12. The van der Waals surface area contributed by atoms with Crippen molar-refractivity contribution in [2.24, 2.45) is 0 Å². The first kappa shape index (κ1) is 14.9. The summed E-state index contributed by atoms with van der Waals surface area (Å²) in [7, 11) is 0. The average Bonchev–Trinajstić information content (AvgIpc) is 3.10. The van der Waals surface area contributed by atoms with Crippen molar-refractivity contribution in [1.29, 1.82) is 0 Å². The lowest BCUT2D eigenvalue weighted by atomic mass is 10.3. The lowest BCUT2D eigenvalue weighted by Gasteiger charge is -2.02. The molecule has 3 rings (SSSR count). The van der Waals surface area contributed by atoms with E-state index < -0.39 is 5.97 Å². The molecular weight excluding hydrogens is 324 g/mol. The van der Waals surface area contributed by atoms with Crippen LogP contribution in [0.5, 0.6) is 0 Å². The Labute approximate surface area is 135 Å². The minimum atomic E-state index is -1.02. The van der Waals surface area contributed by atoms with Crippen LogP contribution < -0.4 is 0 Å². The van der Waals surface area contributed by atoms with Gasteiger partial charge < -0.3 is 10.1 Å². The molecule has 2 aromatic heterocycles. The summed E-state index contributed by atoms with van der Waals surface area (Å²) in [6, 6.07) is 3.76. The summed E-state index contributed by atoms with van der Waals surface area (Å²) >= 11 is 7.96. The van der Waals surface area contributed by atoms with Gasteiger partial charge in [-0.2, -0.15) is 5.10 Å². The van der Waals surface area contributed by atoms with Crippen molar-refractivity contribution in [2.45, 2.75) is 18.2 Å². The highest BCUT2D eigenvalue weighted by Crippen LogP contribution is 2.31. The van der Waals surface area contributed by atoms with Gasteiger partial charge >= 0.3 is 5.97 Å². The van der Waals surface area contributed by atoms with Crippen LogP contribution in [0.25, 0.3) is 17.0 Å². The standard InChI is InChI=1S/C14H13ClN4O2S/c1-2-3-22-12-5-11-10(4-9(12)15)17-14(18-11)19-7-8(6-16-19)13(20)21/h4-7H,2-3H2,1H3,(H,17,18)(H,20,21). The van der Waals surface area contributed by atoms with Gasteiger partial charge in [0, 0.05) is 11.1 Å². The number of hydrogen-bond acceptors (Lipinski definition) is 4. The number of imidazole rings is 1. The van der Waals surface area contributed by atoms with E-state index in [4.69, 9.17) is 16.7 Å². The van der Waals surface area contributed by atoms with Gasteiger partial charge in [0.15, 0.2) is 0 Å². The molecule has 0 saturated carbocycles. The number of rotatable bonds is 5. The van der Waals surface area contributed by atoms with Crippen LogP contribution in [0.4, 0.5) is 0 Å². The zero-order valence-corrected chi connectivity index (χ0v) is 13.3. The van der Waals surface area contributed by atoms with E-state index in [9.17, 15) is 4.79 Å². The molecule has 0 aliphatic rings. The van der Waals surface area contributed by atoms with E-state index in [-0.39, 0.29) is 5.56 Å². The highest BCUT2D eigenvalue weighted by molar-refractivity contribution is 7.99. The number of H-pyrrole nitrogens is 1. The third-order valence-electron chi connectivity index (χ3n) is 3.03. The van der Waals surface area contributed by atoms with Crippen molar-refractivity contribution in [3.63, 3.8) is 0 Å². The highest BCUT2D eigenvalue weighted by Gasteiger charge is 2.12. The van der Waals surface area contributed by atoms with Crippen molar-refractivity contribution in [2.75, 3.05) is 5.75 Å². The number of aromatic amines is 1. The fourth-order valence-electron chi connectivity index (χ4n) is 1.98. The summed E-state index contributed by atoms with van der Waals surface area (Å²) in [6.45, 7) is 2.12. The molecule has 8 heteroatoms. The van der Waals surface area contributed by atoms with E-state index >= 15 is 0 Å². The second-order valence-electron chi connectivity index (χ2n) is 4.69. The third-order valence-corrected chi connectivity index (χ3v) is 4.72. The number of carbonyl (C=O) groups is 1. The van der Waals surface area contributed by atoms with Gasteiger partial charge in [0.2, 0.25) is 5.95 Å². The van der Waals surface area contributed by atoms with Gasteiger partial charge in [-0.3, -0.25) is 0 Å². The smallest absolute Gasteiger partial charge is 0.338 e. The number of nitrogens with zero attached hydrogens (tertiary/aromatic N) is 3. The average molecular weight is 337 g/mol.